The van der Waals surface area contributed by atoms with Crippen molar-refractivity contribution in [2.75, 3.05) is 5.73 Å². The molecule has 0 saturated heterocycles. The lowest BCUT2D eigenvalue weighted by Crippen LogP contribution is -1.95. The summed E-state index contributed by atoms with van der Waals surface area (Å²) >= 11 is 0. The number of hydrogen-bond donors (Lipinski definition) is 1. The maximum absolute atomic E-state index is 5.72. The van der Waals surface area contributed by atoms with E-state index in [0.717, 1.165) is 22.6 Å². The lowest BCUT2D eigenvalue weighted by molar-refractivity contribution is 0.804. The van der Waals surface area contributed by atoms with E-state index in [1.807, 2.05) is 48.7 Å². The van der Waals surface area contributed by atoms with Crippen LogP contribution < -0.4 is 5.73 Å². The number of benzene rings is 3. The number of hydrogen-bond acceptors (Lipinski definition) is 3. The predicted octanol–water partition coefficient (Wildman–Crippen LogP) is 4.18. The van der Waals surface area contributed by atoms with Gasteiger partial charge in [-0.2, -0.15) is 0 Å². The Morgan fingerprint density at radius 1 is 0.667 bits per heavy atom. The summed E-state index contributed by atoms with van der Waals surface area (Å²) in [7, 11) is 0. The molecule has 0 unspecified atom stereocenters. The third-order valence-electron chi connectivity index (χ3n) is 3.94. The Kier molecular flexibility index (Phi) is 3.56. The molecular formula is C20H16N4. The van der Waals surface area contributed by atoms with Crippen molar-refractivity contribution in [3.8, 4) is 28.1 Å². The van der Waals surface area contributed by atoms with Gasteiger partial charge in [-0.05, 0) is 35.4 Å². The maximum atomic E-state index is 5.72. The summed E-state index contributed by atoms with van der Waals surface area (Å²) in [6.07, 6.45) is 1.92. The quantitative estimate of drug-likeness (QED) is 0.577. The average Bonchev–Trinajstić information content (AvgIpc) is 3.13. The van der Waals surface area contributed by atoms with E-state index >= 15 is 0 Å². The summed E-state index contributed by atoms with van der Waals surface area (Å²) in [6.45, 7) is 0. The molecule has 0 aliphatic heterocycles. The molecule has 4 heteroatoms. The minimum atomic E-state index is 0.732. The highest BCUT2D eigenvalue weighted by atomic mass is 15.4. The van der Waals surface area contributed by atoms with Gasteiger partial charge in [0.1, 0.15) is 5.69 Å². The lowest BCUT2D eigenvalue weighted by Gasteiger charge is -2.02. The van der Waals surface area contributed by atoms with Gasteiger partial charge in [0.25, 0.3) is 0 Å². The molecule has 24 heavy (non-hydrogen) atoms. The molecule has 0 atom stereocenters. The Morgan fingerprint density at radius 3 is 2.00 bits per heavy atom. The fourth-order valence-electron chi connectivity index (χ4n) is 2.61. The minimum Gasteiger partial charge on any atom is -0.399 e. The van der Waals surface area contributed by atoms with Gasteiger partial charge in [-0.1, -0.05) is 59.8 Å². The van der Waals surface area contributed by atoms with Gasteiger partial charge in [0, 0.05) is 11.3 Å². The summed E-state index contributed by atoms with van der Waals surface area (Å²) in [5.74, 6) is 0. The Morgan fingerprint density at radius 2 is 1.29 bits per heavy atom. The van der Waals surface area contributed by atoms with E-state index in [1.54, 1.807) is 4.68 Å². The van der Waals surface area contributed by atoms with Gasteiger partial charge in [-0.15, -0.1) is 5.10 Å². The normalized spacial score (nSPS) is 10.7. The van der Waals surface area contributed by atoms with E-state index in [0.29, 0.717) is 0 Å². The lowest BCUT2D eigenvalue weighted by atomic mass is 10.0. The van der Waals surface area contributed by atoms with Crippen molar-refractivity contribution in [3.05, 3.63) is 85.1 Å². The standard InChI is InChI=1S/C20H16N4/c21-18-10-12-19(13-11-18)24-14-20(22-23-24)17-8-6-16(7-9-17)15-4-2-1-3-5-15/h1-14H,21H2. The van der Waals surface area contributed by atoms with Crippen LogP contribution in [0.2, 0.25) is 0 Å². The topological polar surface area (TPSA) is 56.7 Å². The molecule has 0 aliphatic rings. The minimum absolute atomic E-state index is 0.732. The van der Waals surface area contributed by atoms with Gasteiger partial charge < -0.3 is 5.73 Å². The van der Waals surface area contributed by atoms with Gasteiger partial charge in [-0.3, -0.25) is 0 Å². The molecule has 0 saturated carbocycles. The molecule has 0 radical (unpaired) electrons. The smallest absolute Gasteiger partial charge is 0.113 e. The highest BCUT2D eigenvalue weighted by Gasteiger charge is 2.06. The van der Waals surface area contributed by atoms with Crippen LogP contribution in [-0.2, 0) is 0 Å². The van der Waals surface area contributed by atoms with E-state index in [-0.39, 0.29) is 0 Å². The molecule has 116 valence electrons. The van der Waals surface area contributed by atoms with Crippen LogP contribution >= 0.6 is 0 Å². The molecule has 4 aromatic rings. The molecule has 1 heterocycles. The molecule has 0 bridgehead atoms. The van der Waals surface area contributed by atoms with Crippen LogP contribution in [0.1, 0.15) is 0 Å². The molecule has 1 aromatic heterocycles. The zero-order valence-electron chi connectivity index (χ0n) is 13.0. The Balaban J connectivity index is 1.62. The van der Waals surface area contributed by atoms with Crippen LogP contribution in [0, 0.1) is 0 Å². The van der Waals surface area contributed by atoms with E-state index in [2.05, 4.69) is 46.7 Å². The van der Waals surface area contributed by atoms with Crippen molar-refractivity contribution < 1.29 is 0 Å². The number of aromatic nitrogens is 3. The van der Waals surface area contributed by atoms with Crippen molar-refractivity contribution in [3.63, 3.8) is 0 Å². The van der Waals surface area contributed by atoms with Gasteiger partial charge >= 0.3 is 0 Å². The van der Waals surface area contributed by atoms with E-state index in [1.165, 1.54) is 11.1 Å². The Bertz CT molecular complexity index is 939. The molecule has 0 spiro atoms. The van der Waals surface area contributed by atoms with Gasteiger partial charge in [0.15, 0.2) is 0 Å². The second-order valence-corrected chi connectivity index (χ2v) is 5.58. The fraction of sp³-hybridized carbons (Fsp3) is 0. The molecule has 3 aromatic carbocycles. The van der Waals surface area contributed by atoms with Crippen LogP contribution in [0.15, 0.2) is 85.1 Å². The second kappa shape index (κ2) is 6.01. The largest absolute Gasteiger partial charge is 0.399 e. The molecule has 2 N–H and O–H groups in total. The van der Waals surface area contributed by atoms with E-state index in [4.69, 9.17) is 5.73 Å². The summed E-state index contributed by atoms with van der Waals surface area (Å²) in [5, 5.41) is 8.47. The van der Waals surface area contributed by atoms with Crippen LogP contribution in [0.25, 0.3) is 28.1 Å². The first-order valence-corrected chi connectivity index (χ1v) is 7.74. The molecule has 0 fully saturated rings. The highest BCUT2D eigenvalue weighted by Crippen LogP contribution is 2.24. The molecule has 0 amide bonds. The number of anilines is 1. The van der Waals surface area contributed by atoms with Crippen molar-refractivity contribution in [1.82, 2.24) is 15.0 Å². The fourth-order valence-corrected chi connectivity index (χ4v) is 2.61. The third kappa shape index (κ3) is 2.77. The van der Waals surface area contributed by atoms with E-state index in [9.17, 15) is 0 Å². The monoisotopic (exact) mass is 312 g/mol. The SMILES string of the molecule is Nc1ccc(-n2cc(-c3ccc(-c4ccccc4)cc3)nn2)cc1. The molecule has 4 rings (SSSR count). The number of nitrogens with two attached hydrogens (primary N) is 1. The Labute approximate surface area is 140 Å². The van der Waals surface area contributed by atoms with Crippen LogP contribution in [0.3, 0.4) is 0 Å². The van der Waals surface area contributed by atoms with Crippen molar-refractivity contribution in [2.45, 2.75) is 0 Å². The van der Waals surface area contributed by atoms with Crippen molar-refractivity contribution in [1.29, 1.82) is 0 Å². The van der Waals surface area contributed by atoms with Gasteiger partial charge in [-0.25, -0.2) is 4.68 Å². The van der Waals surface area contributed by atoms with Crippen molar-refractivity contribution >= 4 is 5.69 Å². The van der Waals surface area contributed by atoms with Gasteiger partial charge in [0.05, 0.1) is 11.9 Å². The van der Waals surface area contributed by atoms with Crippen LogP contribution in [-0.4, -0.2) is 15.0 Å². The molecule has 4 nitrogen and oxygen atoms in total. The average molecular weight is 312 g/mol. The molecular weight excluding hydrogens is 296 g/mol. The molecule has 0 aliphatic carbocycles. The summed E-state index contributed by atoms with van der Waals surface area (Å²) in [5.41, 5.74) is 11.7. The third-order valence-corrected chi connectivity index (χ3v) is 3.94. The van der Waals surface area contributed by atoms with Crippen LogP contribution in [0.5, 0.6) is 0 Å². The first-order chi connectivity index (χ1) is 11.8. The highest BCUT2D eigenvalue weighted by molar-refractivity contribution is 5.68. The maximum Gasteiger partial charge on any atom is 0.113 e. The first kappa shape index (κ1) is 14.2. The number of nitrogens with zero attached hydrogens (tertiary/aromatic N) is 3. The number of nitrogen functional groups attached to an aromatic ring is 1. The second-order valence-electron chi connectivity index (χ2n) is 5.58. The van der Waals surface area contributed by atoms with Gasteiger partial charge in [0.2, 0.25) is 0 Å². The predicted molar refractivity (Wildman–Crippen MR) is 96.6 cm³/mol. The van der Waals surface area contributed by atoms with Crippen LogP contribution in [0.4, 0.5) is 5.69 Å². The zero-order valence-corrected chi connectivity index (χ0v) is 13.0. The summed E-state index contributed by atoms with van der Waals surface area (Å²) in [4.78, 5) is 0. The van der Waals surface area contributed by atoms with E-state index < -0.39 is 0 Å². The summed E-state index contributed by atoms with van der Waals surface area (Å²) in [6, 6.07) is 26.2. The number of rotatable bonds is 3. The first-order valence-electron chi connectivity index (χ1n) is 7.74. The Hall–Kier alpha value is -3.40. The van der Waals surface area contributed by atoms with Crippen molar-refractivity contribution in [2.24, 2.45) is 0 Å². The zero-order chi connectivity index (χ0) is 16.4. The summed E-state index contributed by atoms with van der Waals surface area (Å²) < 4.78 is 1.75.